The third-order valence-corrected chi connectivity index (χ3v) is 3.78. The van der Waals surface area contributed by atoms with Crippen LogP contribution < -0.4 is 0 Å². The van der Waals surface area contributed by atoms with Crippen LogP contribution in [0.1, 0.15) is 25.7 Å². The molecule has 0 amide bonds. The van der Waals surface area contributed by atoms with Gasteiger partial charge in [0, 0.05) is 12.0 Å². The maximum Gasteiger partial charge on any atom is 0.331 e. The zero-order valence-corrected chi connectivity index (χ0v) is 9.71. The van der Waals surface area contributed by atoms with Crippen LogP contribution in [0.4, 0.5) is 0 Å². The molecule has 0 heterocycles. The van der Waals surface area contributed by atoms with Gasteiger partial charge in [0.1, 0.15) is 11.9 Å². The normalized spacial score (nSPS) is 36.1. The topological polar surface area (TPSA) is 66.8 Å². The van der Waals surface area contributed by atoms with Crippen molar-refractivity contribution in [3.63, 3.8) is 0 Å². The van der Waals surface area contributed by atoms with Gasteiger partial charge in [-0.3, -0.25) is 0 Å². The van der Waals surface area contributed by atoms with Crippen molar-refractivity contribution in [1.29, 1.82) is 0 Å². The third-order valence-electron chi connectivity index (χ3n) is 3.78. The van der Waals surface area contributed by atoms with E-state index in [9.17, 15) is 9.90 Å². The largest absolute Gasteiger partial charge is 0.509 e. The Labute approximate surface area is 101 Å². The number of hydrogen-bond donors (Lipinski definition) is 2. The Kier molecular flexibility index (Phi) is 3.52. The maximum absolute atomic E-state index is 11.4. The van der Waals surface area contributed by atoms with Gasteiger partial charge in [-0.15, -0.1) is 0 Å². The zero-order chi connectivity index (χ0) is 12.4. The van der Waals surface area contributed by atoms with Gasteiger partial charge in [-0.25, -0.2) is 4.79 Å². The number of rotatable bonds is 3. The summed E-state index contributed by atoms with van der Waals surface area (Å²) in [6.45, 7) is 3.25. The fraction of sp³-hybridized carbons (Fsp3) is 0.615. The lowest BCUT2D eigenvalue weighted by molar-refractivity contribution is -0.144. The number of allylic oxidation sites excluding steroid dienone is 1. The van der Waals surface area contributed by atoms with E-state index in [2.05, 4.69) is 6.58 Å². The van der Waals surface area contributed by atoms with Crippen molar-refractivity contribution in [1.82, 2.24) is 0 Å². The summed E-state index contributed by atoms with van der Waals surface area (Å²) in [7, 11) is 0. The Morgan fingerprint density at radius 3 is 2.59 bits per heavy atom. The number of aliphatic hydroxyl groups is 2. The lowest BCUT2D eigenvalue weighted by atomic mass is 9.98. The molecule has 0 bridgehead atoms. The van der Waals surface area contributed by atoms with Crippen molar-refractivity contribution in [3.05, 3.63) is 24.5 Å². The highest BCUT2D eigenvalue weighted by Crippen LogP contribution is 2.45. The van der Waals surface area contributed by atoms with Crippen LogP contribution in [0.2, 0.25) is 0 Å². The smallest absolute Gasteiger partial charge is 0.331 e. The second-order valence-corrected chi connectivity index (χ2v) is 4.85. The van der Waals surface area contributed by atoms with Crippen molar-refractivity contribution in [2.24, 2.45) is 11.8 Å². The summed E-state index contributed by atoms with van der Waals surface area (Å²) >= 11 is 0. The Balaban J connectivity index is 1.88. The SMILES string of the molecule is C=C(O)/C=C\C(=O)O[C@@H]1CC[C@H]2[C@@H]1CC[C@H]2O. The van der Waals surface area contributed by atoms with Gasteiger partial charge in [-0.05, 0) is 37.7 Å². The summed E-state index contributed by atoms with van der Waals surface area (Å²) in [5.41, 5.74) is 0. The lowest BCUT2D eigenvalue weighted by Crippen LogP contribution is -2.23. The molecule has 2 rings (SSSR count). The minimum atomic E-state index is -0.452. The molecule has 0 aromatic rings. The fourth-order valence-electron chi connectivity index (χ4n) is 3.01. The standard InChI is InChI=1S/C13H18O4/c1-8(14)2-7-13(16)17-12-6-4-9-10(12)3-5-11(9)15/h2,7,9-12,14-15H,1,3-6H2/b7-2-/t9-,10-,11+,12+/m0/s1. The zero-order valence-electron chi connectivity index (χ0n) is 9.71. The van der Waals surface area contributed by atoms with Crippen molar-refractivity contribution in [2.75, 3.05) is 0 Å². The van der Waals surface area contributed by atoms with Crippen LogP contribution in [0.25, 0.3) is 0 Å². The molecule has 0 radical (unpaired) electrons. The van der Waals surface area contributed by atoms with Gasteiger partial charge in [0.2, 0.25) is 0 Å². The quantitative estimate of drug-likeness (QED) is 0.340. The van der Waals surface area contributed by atoms with E-state index in [-0.39, 0.29) is 18.0 Å². The predicted octanol–water partition coefficient (Wildman–Crippen LogP) is 1.71. The molecule has 17 heavy (non-hydrogen) atoms. The summed E-state index contributed by atoms with van der Waals surface area (Å²) in [4.78, 5) is 11.4. The first-order valence-electron chi connectivity index (χ1n) is 6.02. The van der Waals surface area contributed by atoms with E-state index < -0.39 is 5.97 Å². The number of hydrogen-bond acceptors (Lipinski definition) is 4. The average Bonchev–Trinajstić information content (AvgIpc) is 2.81. The Morgan fingerprint density at radius 2 is 1.88 bits per heavy atom. The second kappa shape index (κ2) is 4.92. The van der Waals surface area contributed by atoms with Crippen molar-refractivity contribution in [3.8, 4) is 0 Å². The molecule has 4 nitrogen and oxygen atoms in total. The summed E-state index contributed by atoms with van der Waals surface area (Å²) in [5, 5.41) is 18.6. The third kappa shape index (κ3) is 2.69. The molecule has 0 spiro atoms. The molecule has 0 saturated heterocycles. The first-order chi connectivity index (χ1) is 8.08. The van der Waals surface area contributed by atoms with Gasteiger partial charge >= 0.3 is 5.97 Å². The molecule has 94 valence electrons. The van der Waals surface area contributed by atoms with Crippen molar-refractivity contribution >= 4 is 5.97 Å². The van der Waals surface area contributed by atoms with E-state index >= 15 is 0 Å². The Hall–Kier alpha value is -1.29. The average molecular weight is 238 g/mol. The molecule has 4 atom stereocenters. The lowest BCUT2D eigenvalue weighted by Gasteiger charge is -2.18. The van der Waals surface area contributed by atoms with Gasteiger partial charge in [0.05, 0.1) is 6.10 Å². The fourth-order valence-corrected chi connectivity index (χ4v) is 3.01. The number of carbonyl (C=O) groups excluding carboxylic acids is 1. The van der Waals surface area contributed by atoms with Gasteiger partial charge in [0.15, 0.2) is 0 Å². The van der Waals surface area contributed by atoms with Crippen LogP contribution in [0.15, 0.2) is 24.5 Å². The number of ether oxygens (including phenoxy) is 1. The number of fused-ring (bicyclic) bond motifs is 1. The van der Waals surface area contributed by atoms with Crippen LogP contribution >= 0.6 is 0 Å². The highest BCUT2D eigenvalue weighted by molar-refractivity contribution is 5.82. The molecular weight excluding hydrogens is 220 g/mol. The number of aliphatic hydroxyl groups excluding tert-OH is 2. The van der Waals surface area contributed by atoms with Gasteiger partial charge in [0.25, 0.3) is 0 Å². The Morgan fingerprint density at radius 1 is 1.18 bits per heavy atom. The van der Waals surface area contributed by atoms with Crippen LogP contribution in [-0.2, 0) is 9.53 Å². The highest BCUT2D eigenvalue weighted by Gasteiger charge is 2.45. The molecule has 0 aliphatic heterocycles. The van der Waals surface area contributed by atoms with Crippen LogP contribution in [0, 0.1) is 11.8 Å². The minimum absolute atomic E-state index is 0.0822. The summed E-state index contributed by atoms with van der Waals surface area (Å²) in [6.07, 6.45) is 5.59. The predicted molar refractivity (Wildman–Crippen MR) is 62.2 cm³/mol. The van der Waals surface area contributed by atoms with E-state index in [1.54, 1.807) is 0 Å². The van der Waals surface area contributed by atoms with Crippen LogP contribution in [0.5, 0.6) is 0 Å². The number of esters is 1. The second-order valence-electron chi connectivity index (χ2n) is 4.85. The summed E-state index contributed by atoms with van der Waals surface area (Å²) in [5.74, 6) is -0.0148. The monoisotopic (exact) mass is 238 g/mol. The van der Waals surface area contributed by atoms with Crippen LogP contribution in [-0.4, -0.2) is 28.4 Å². The molecule has 4 heteroatoms. The van der Waals surface area contributed by atoms with E-state index in [1.807, 2.05) is 0 Å². The summed E-state index contributed by atoms with van der Waals surface area (Å²) in [6, 6.07) is 0. The van der Waals surface area contributed by atoms with Crippen molar-refractivity contribution < 1.29 is 19.7 Å². The summed E-state index contributed by atoms with van der Waals surface area (Å²) < 4.78 is 5.33. The minimum Gasteiger partial charge on any atom is -0.509 e. The number of carbonyl (C=O) groups is 1. The first kappa shape index (κ1) is 12.2. The molecule has 2 aliphatic carbocycles. The molecule has 2 aliphatic rings. The molecule has 0 unspecified atom stereocenters. The molecule has 2 saturated carbocycles. The molecule has 0 aromatic carbocycles. The van der Waals surface area contributed by atoms with E-state index in [0.717, 1.165) is 25.7 Å². The van der Waals surface area contributed by atoms with E-state index in [0.29, 0.717) is 11.8 Å². The van der Waals surface area contributed by atoms with Crippen LogP contribution in [0.3, 0.4) is 0 Å². The van der Waals surface area contributed by atoms with Gasteiger partial charge in [-0.2, -0.15) is 0 Å². The molecule has 0 aromatic heterocycles. The van der Waals surface area contributed by atoms with E-state index in [1.165, 1.54) is 12.2 Å². The molecular formula is C13H18O4. The molecule has 2 N–H and O–H groups in total. The Bertz CT molecular complexity index is 347. The van der Waals surface area contributed by atoms with Gasteiger partial charge < -0.3 is 14.9 Å². The highest BCUT2D eigenvalue weighted by atomic mass is 16.5. The van der Waals surface area contributed by atoms with Crippen molar-refractivity contribution in [2.45, 2.75) is 37.9 Å². The first-order valence-corrected chi connectivity index (χ1v) is 6.02. The maximum atomic E-state index is 11.4. The molecule has 2 fully saturated rings. The van der Waals surface area contributed by atoms with Gasteiger partial charge in [-0.1, -0.05) is 6.58 Å². The van der Waals surface area contributed by atoms with E-state index in [4.69, 9.17) is 9.84 Å².